The smallest absolute Gasteiger partial charge is 0.237 e. The molecule has 206 valence electrons. The Kier molecular flexibility index (Phi) is 7.53. The zero-order valence-electron chi connectivity index (χ0n) is 25.2. The van der Waals surface area contributed by atoms with Crippen molar-refractivity contribution < 1.29 is 9.47 Å². The molecule has 2 aliphatic heterocycles. The lowest BCUT2D eigenvalue weighted by molar-refractivity contribution is 0.135. The lowest BCUT2D eigenvalue weighted by atomic mass is 9.81. The summed E-state index contributed by atoms with van der Waals surface area (Å²) in [7, 11) is 0. The minimum Gasteiger partial charge on any atom is -0.486 e. The highest BCUT2D eigenvalue weighted by molar-refractivity contribution is 5.45. The zero-order chi connectivity index (χ0) is 29.0. The van der Waals surface area contributed by atoms with Gasteiger partial charge in [0.1, 0.15) is 23.7 Å². The third kappa shape index (κ3) is 6.36. The lowest BCUT2D eigenvalue weighted by Crippen LogP contribution is -2.39. The van der Waals surface area contributed by atoms with Crippen molar-refractivity contribution in [3.63, 3.8) is 0 Å². The number of ether oxygens (including phenoxy) is 2. The highest BCUT2D eigenvalue weighted by Crippen LogP contribution is 2.38. The van der Waals surface area contributed by atoms with Crippen molar-refractivity contribution in [2.75, 3.05) is 0 Å². The quantitative estimate of drug-likeness (QED) is 0.524. The van der Waals surface area contributed by atoms with E-state index >= 15 is 0 Å². The zero-order valence-corrected chi connectivity index (χ0v) is 25.2. The molecule has 0 saturated heterocycles. The minimum absolute atomic E-state index is 0.145. The van der Waals surface area contributed by atoms with E-state index in [0.717, 1.165) is 22.7 Å². The van der Waals surface area contributed by atoms with Gasteiger partial charge in [0.25, 0.3) is 0 Å². The van der Waals surface area contributed by atoms with Crippen LogP contribution in [0.5, 0.6) is 0 Å². The summed E-state index contributed by atoms with van der Waals surface area (Å²) in [5.41, 5.74) is -0.929. The second-order valence-electron chi connectivity index (χ2n) is 14.6. The maximum atomic E-state index is 13.4. The molecule has 0 aromatic heterocycles. The maximum absolute atomic E-state index is 13.4. The average molecular weight is 521 g/mol. The van der Waals surface area contributed by atoms with Gasteiger partial charge in [-0.15, -0.1) is 0 Å². The van der Waals surface area contributed by atoms with Gasteiger partial charge in [0.15, 0.2) is 0 Å². The van der Waals surface area contributed by atoms with E-state index < -0.39 is 28.5 Å². The van der Waals surface area contributed by atoms with Crippen LogP contribution in [0.25, 0.3) is 12.2 Å². The molecule has 0 radical (unpaired) electrons. The van der Waals surface area contributed by atoms with Gasteiger partial charge in [-0.1, -0.05) is 83.1 Å². The Morgan fingerprint density at radius 1 is 0.526 bits per heavy atom. The van der Waals surface area contributed by atoms with Crippen LogP contribution < -0.4 is 26.7 Å². The molecule has 5 nitrogen and oxygen atoms in total. The SMILES string of the molecule is CC(C)(C)C1=CC(/C=c2\c(=O)c(=O)/c(=C\C3C=C(C(C)(C)C)C=C(C(C)(C)C)O3)c2=O)OC(C(C)(C)C)=C1. The molecular formula is C33H44O5. The van der Waals surface area contributed by atoms with Gasteiger partial charge >= 0.3 is 0 Å². The molecule has 0 amide bonds. The van der Waals surface area contributed by atoms with Crippen LogP contribution >= 0.6 is 0 Å². The number of allylic oxidation sites excluding steroid dienone is 6. The Bertz CT molecular complexity index is 1380. The van der Waals surface area contributed by atoms with E-state index in [1.165, 1.54) is 12.2 Å². The van der Waals surface area contributed by atoms with Gasteiger partial charge in [-0.2, -0.15) is 0 Å². The van der Waals surface area contributed by atoms with Crippen molar-refractivity contribution >= 4 is 12.2 Å². The predicted octanol–water partition coefficient (Wildman–Crippen LogP) is 4.81. The third-order valence-corrected chi connectivity index (χ3v) is 6.84. The molecule has 2 unspecified atom stereocenters. The van der Waals surface area contributed by atoms with Crippen molar-refractivity contribution in [1.82, 2.24) is 0 Å². The summed E-state index contributed by atoms with van der Waals surface area (Å²) >= 11 is 0. The summed E-state index contributed by atoms with van der Waals surface area (Å²) in [4.78, 5) is 39.4. The Hall–Kier alpha value is -2.95. The van der Waals surface area contributed by atoms with Crippen molar-refractivity contribution in [3.8, 4) is 0 Å². The normalized spacial score (nSPS) is 22.3. The van der Waals surface area contributed by atoms with E-state index in [0.29, 0.717) is 0 Å². The standard InChI is InChI=1S/C33H44O5/c1-30(2,3)19-13-21(37-25(15-19)32(7,8)9)17-23-27(34)24(29(36)28(23)35)18-22-14-20(31(4,5)6)16-26(38-22)33(10,11)12/h13-18,21-22H,1-12H3/b23-17-,24-18-. The van der Waals surface area contributed by atoms with Crippen LogP contribution in [-0.2, 0) is 9.47 Å². The van der Waals surface area contributed by atoms with Gasteiger partial charge in [0.2, 0.25) is 16.3 Å². The average Bonchev–Trinajstić information content (AvgIpc) is 2.94. The van der Waals surface area contributed by atoms with Crippen LogP contribution in [0.3, 0.4) is 0 Å². The van der Waals surface area contributed by atoms with E-state index in [-0.39, 0.29) is 32.1 Å². The molecule has 5 heteroatoms. The molecule has 2 heterocycles. The van der Waals surface area contributed by atoms with Gasteiger partial charge in [-0.05, 0) is 58.4 Å². The monoisotopic (exact) mass is 520 g/mol. The molecular weight excluding hydrogens is 476 g/mol. The largest absolute Gasteiger partial charge is 0.486 e. The van der Waals surface area contributed by atoms with E-state index in [1.54, 1.807) is 0 Å². The fourth-order valence-electron chi connectivity index (χ4n) is 4.27. The molecule has 0 bridgehead atoms. The second-order valence-corrected chi connectivity index (χ2v) is 14.6. The van der Waals surface area contributed by atoms with Crippen molar-refractivity contribution in [3.05, 3.63) is 88.1 Å². The van der Waals surface area contributed by atoms with Crippen LogP contribution in [0.4, 0.5) is 0 Å². The summed E-state index contributed by atoms with van der Waals surface area (Å²) in [5, 5.41) is -0.290. The summed E-state index contributed by atoms with van der Waals surface area (Å²) in [6.07, 6.45) is 9.61. The summed E-state index contributed by atoms with van der Waals surface area (Å²) < 4.78 is 12.4. The first-order valence-electron chi connectivity index (χ1n) is 13.4. The molecule has 1 aromatic rings. The minimum atomic E-state index is -0.801. The lowest BCUT2D eigenvalue weighted by Gasteiger charge is -2.33. The molecule has 2 atom stereocenters. The van der Waals surface area contributed by atoms with Crippen molar-refractivity contribution in [2.24, 2.45) is 21.7 Å². The van der Waals surface area contributed by atoms with Gasteiger partial charge in [0.05, 0.1) is 10.4 Å². The molecule has 0 saturated carbocycles. The van der Waals surface area contributed by atoms with Crippen LogP contribution in [-0.4, -0.2) is 12.2 Å². The fraction of sp³-hybridized carbons (Fsp3) is 0.545. The molecule has 0 fully saturated rings. The number of hydrogen-bond acceptors (Lipinski definition) is 5. The summed E-state index contributed by atoms with van der Waals surface area (Å²) in [5.74, 6) is 1.53. The molecule has 0 spiro atoms. The molecule has 0 aliphatic carbocycles. The molecule has 1 aromatic carbocycles. The highest BCUT2D eigenvalue weighted by atomic mass is 16.5. The molecule has 2 aliphatic rings. The van der Waals surface area contributed by atoms with Gasteiger partial charge in [-0.25, -0.2) is 0 Å². The Morgan fingerprint density at radius 3 is 1.11 bits per heavy atom. The maximum Gasteiger partial charge on any atom is 0.237 e. The first-order valence-corrected chi connectivity index (χ1v) is 13.4. The Labute approximate surface area is 226 Å². The predicted molar refractivity (Wildman–Crippen MR) is 156 cm³/mol. The Morgan fingerprint density at radius 2 is 0.842 bits per heavy atom. The highest BCUT2D eigenvalue weighted by Gasteiger charge is 2.30. The van der Waals surface area contributed by atoms with Crippen LogP contribution in [0.2, 0.25) is 0 Å². The van der Waals surface area contributed by atoms with E-state index in [4.69, 9.17) is 9.47 Å². The van der Waals surface area contributed by atoms with Crippen LogP contribution in [0, 0.1) is 21.7 Å². The molecule has 0 N–H and O–H groups in total. The van der Waals surface area contributed by atoms with Crippen molar-refractivity contribution in [2.45, 2.75) is 95.3 Å². The third-order valence-electron chi connectivity index (χ3n) is 6.84. The van der Waals surface area contributed by atoms with Gasteiger partial charge in [0, 0.05) is 10.8 Å². The Balaban J connectivity index is 2.16. The van der Waals surface area contributed by atoms with Gasteiger partial charge in [-0.3, -0.25) is 14.4 Å². The topological polar surface area (TPSA) is 69.7 Å². The van der Waals surface area contributed by atoms with Gasteiger partial charge < -0.3 is 9.47 Å². The van der Waals surface area contributed by atoms with Crippen molar-refractivity contribution in [1.29, 1.82) is 0 Å². The van der Waals surface area contributed by atoms with E-state index in [9.17, 15) is 14.4 Å². The first-order chi connectivity index (χ1) is 17.1. The second kappa shape index (κ2) is 9.66. The van der Waals surface area contributed by atoms with E-state index in [1.807, 2.05) is 24.3 Å². The van der Waals surface area contributed by atoms with E-state index in [2.05, 4.69) is 83.1 Å². The number of rotatable bonds is 2. The summed E-state index contributed by atoms with van der Waals surface area (Å²) in [6.45, 7) is 24.9. The molecule has 3 rings (SSSR count). The van der Waals surface area contributed by atoms with Crippen LogP contribution in [0.15, 0.2) is 61.4 Å². The summed E-state index contributed by atoms with van der Waals surface area (Å²) in [6, 6.07) is 0. The number of hydrogen-bond donors (Lipinski definition) is 0. The first kappa shape index (κ1) is 29.6. The fourth-order valence-corrected chi connectivity index (χ4v) is 4.27. The van der Waals surface area contributed by atoms with Crippen LogP contribution in [0.1, 0.15) is 83.1 Å². The molecule has 38 heavy (non-hydrogen) atoms.